The van der Waals surface area contributed by atoms with Crippen molar-refractivity contribution in [1.29, 1.82) is 0 Å². The Morgan fingerprint density at radius 3 is 2.45 bits per heavy atom. The minimum absolute atomic E-state index is 0.337. The molecule has 0 radical (unpaired) electrons. The largest absolute Gasteiger partial charge is 0.487 e. The van der Waals surface area contributed by atoms with Crippen molar-refractivity contribution in [2.24, 2.45) is 0 Å². The number of benzene rings is 2. The molecule has 1 aliphatic heterocycles. The molecule has 2 aromatic carbocycles. The van der Waals surface area contributed by atoms with Gasteiger partial charge in [0.15, 0.2) is 0 Å². The van der Waals surface area contributed by atoms with Gasteiger partial charge in [0.25, 0.3) is 0 Å². The van der Waals surface area contributed by atoms with Gasteiger partial charge in [-0.2, -0.15) is 0 Å². The van der Waals surface area contributed by atoms with Crippen molar-refractivity contribution in [1.82, 2.24) is 0 Å². The average molecular weight is 296 g/mol. The molecule has 2 nitrogen and oxygen atoms in total. The zero-order valence-electron chi connectivity index (χ0n) is 13.8. The lowest BCUT2D eigenvalue weighted by atomic mass is 9.84. The number of aliphatic hydroxyl groups is 1. The fourth-order valence-corrected chi connectivity index (χ4v) is 3.17. The van der Waals surface area contributed by atoms with Crippen molar-refractivity contribution in [3.63, 3.8) is 0 Å². The number of hydrogen-bond donors (Lipinski definition) is 1. The highest BCUT2D eigenvalue weighted by molar-refractivity contribution is 5.72. The third-order valence-corrected chi connectivity index (χ3v) is 4.32. The second-order valence-electron chi connectivity index (χ2n) is 7.08. The van der Waals surface area contributed by atoms with E-state index >= 15 is 0 Å². The fraction of sp³-hybridized carbons (Fsp3) is 0.400. The van der Waals surface area contributed by atoms with E-state index in [9.17, 15) is 5.11 Å². The zero-order chi connectivity index (χ0) is 15.9. The van der Waals surface area contributed by atoms with Crippen LogP contribution in [0.3, 0.4) is 0 Å². The molecule has 0 spiro atoms. The van der Waals surface area contributed by atoms with Gasteiger partial charge in [-0.05, 0) is 42.5 Å². The van der Waals surface area contributed by atoms with Gasteiger partial charge in [0.05, 0.1) is 6.10 Å². The van der Waals surface area contributed by atoms with Crippen LogP contribution < -0.4 is 4.74 Å². The van der Waals surface area contributed by atoms with Crippen molar-refractivity contribution in [3.8, 4) is 16.9 Å². The molecule has 0 amide bonds. The Labute approximate surface area is 132 Å². The third-order valence-electron chi connectivity index (χ3n) is 4.32. The van der Waals surface area contributed by atoms with Crippen LogP contribution >= 0.6 is 0 Å². The Morgan fingerprint density at radius 2 is 1.82 bits per heavy atom. The monoisotopic (exact) mass is 296 g/mol. The van der Waals surface area contributed by atoms with Gasteiger partial charge in [0.1, 0.15) is 11.4 Å². The first-order valence-electron chi connectivity index (χ1n) is 7.98. The van der Waals surface area contributed by atoms with Crippen molar-refractivity contribution < 1.29 is 9.84 Å². The van der Waals surface area contributed by atoms with Gasteiger partial charge in [0.2, 0.25) is 0 Å². The van der Waals surface area contributed by atoms with Gasteiger partial charge in [-0.25, -0.2) is 0 Å². The summed E-state index contributed by atoms with van der Waals surface area (Å²) in [7, 11) is 0. The molecule has 116 valence electrons. The summed E-state index contributed by atoms with van der Waals surface area (Å²) in [4.78, 5) is 0. The van der Waals surface area contributed by atoms with Crippen LogP contribution in [0.15, 0.2) is 42.5 Å². The number of fused-ring (bicyclic) bond motifs is 1. The van der Waals surface area contributed by atoms with E-state index < -0.39 is 6.10 Å². The van der Waals surface area contributed by atoms with E-state index in [0.717, 1.165) is 22.4 Å². The molecule has 0 aliphatic carbocycles. The molecule has 1 aliphatic rings. The van der Waals surface area contributed by atoms with Crippen molar-refractivity contribution in [2.75, 3.05) is 0 Å². The normalized spacial score (nSPS) is 19.6. The molecule has 1 atom stereocenters. The number of aliphatic hydroxyl groups excluding tert-OH is 1. The van der Waals surface area contributed by atoms with E-state index in [0.29, 0.717) is 12.3 Å². The molecule has 2 heteroatoms. The highest BCUT2D eigenvalue weighted by Crippen LogP contribution is 2.45. The molecule has 3 rings (SSSR count). The van der Waals surface area contributed by atoms with E-state index in [-0.39, 0.29) is 5.60 Å². The van der Waals surface area contributed by atoms with Crippen LogP contribution in [-0.2, 0) is 0 Å². The van der Waals surface area contributed by atoms with Crippen molar-refractivity contribution >= 4 is 0 Å². The molecule has 1 unspecified atom stereocenters. The molecule has 0 saturated carbocycles. The van der Waals surface area contributed by atoms with Gasteiger partial charge in [0, 0.05) is 12.0 Å². The van der Waals surface area contributed by atoms with E-state index in [1.165, 1.54) is 5.56 Å². The van der Waals surface area contributed by atoms with Gasteiger partial charge in [-0.3, -0.25) is 0 Å². The predicted octanol–water partition coefficient (Wildman–Crippen LogP) is 5.07. The van der Waals surface area contributed by atoms with Crippen LogP contribution in [0.2, 0.25) is 0 Å². The van der Waals surface area contributed by atoms with Crippen LogP contribution in [0, 0.1) is 0 Å². The third kappa shape index (κ3) is 2.76. The fourth-order valence-electron chi connectivity index (χ4n) is 3.17. The molecule has 2 aromatic rings. The Bertz CT molecular complexity index is 672. The summed E-state index contributed by atoms with van der Waals surface area (Å²) in [6.45, 7) is 8.43. The summed E-state index contributed by atoms with van der Waals surface area (Å²) in [6.07, 6.45) is 0.121. The highest BCUT2D eigenvalue weighted by Gasteiger charge is 2.35. The van der Waals surface area contributed by atoms with Crippen LogP contribution in [-0.4, -0.2) is 10.7 Å². The van der Waals surface area contributed by atoms with Crippen LogP contribution in [0.4, 0.5) is 0 Å². The molecule has 0 aromatic heterocycles. The van der Waals surface area contributed by atoms with Crippen molar-refractivity contribution in [3.05, 3.63) is 53.6 Å². The summed E-state index contributed by atoms with van der Waals surface area (Å²) >= 11 is 0. The first-order chi connectivity index (χ1) is 10.4. The lowest BCUT2D eigenvalue weighted by Crippen LogP contribution is -2.35. The second kappa shape index (κ2) is 5.44. The maximum atomic E-state index is 10.7. The lowest BCUT2D eigenvalue weighted by molar-refractivity contribution is 0.0118. The summed E-state index contributed by atoms with van der Waals surface area (Å²) in [5, 5.41) is 10.7. The maximum Gasteiger partial charge on any atom is 0.126 e. The lowest BCUT2D eigenvalue weighted by Gasteiger charge is -2.37. The smallest absolute Gasteiger partial charge is 0.126 e. The molecule has 0 fully saturated rings. The minimum atomic E-state index is -0.491. The summed E-state index contributed by atoms with van der Waals surface area (Å²) in [6, 6.07) is 14.5. The van der Waals surface area contributed by atoms with Gasteiger partial charge in [-0.15, -0.1) is 0 Å². The Hall–Kier alpha value is -1.80. The Kier molecular flexibility index (Phi) is 3.73. The SMILES string of the molecule is CC(C)c1cc2c(c(-c3ccccc3)c1)C(O)CC(C)(C)O2. The molecule has 0 bridgehead atoms. The summed E-state index contributed by atoms with van der Waals surface area (Å²) in [5.41, 5.74) is 4.04. The van der Waals surface area contributed by atoms with E-state index in [1.54, 1.807) is 0 Å². The summed E-state index contributed by atoms with van der Waals surface area (Å²) < 4.78 is 6.18. The van der Waals surface area contributed by atoms with Gasteiger partial charge >= 0.3 is 0 Å². The highest BCUT2D eigenvalue weighted by atomic mass is 16.5. The number of hydrogen-bond acceptors (Lipinski definition) is 2. The van der Waals surface area contributed by atoms with E-state index in [4.69, 9.17) is 4.74 Å². The molecule has 22 heavy (non-hydrogen) atoms. The molecule has 1 heterocycles. The standard InChI is InChI=1S/C20H24O2/c1-13(2)15-10-16(14-8-6-5-7-9-14)19-17(21)12-20(3,4)22-18(19)11-15/h5-11,13,17,21H,12H2,1-4H3. The first-order valence-corrected chi connectivity index (χ1v) is 7.98. The molecular formula is C20H24O2. The van der Waals surface area contributed by atoms with E-state index in [2.05, 4.69) is 38.1 Å². The average Bonchev–Trinajstić information content (AvgIpc) is 2.45. The quantitative estimate of drug-likeness (QED) is 0.838. The minimum Gasteiger partial charge on any atom is -0.487 e. The Morgan fingerprint density at radius 1 is 1.14 bits per heavy atom. The van der Waals surface area contributed by atoms with Gasteiger partial charge in [-0.1, -0.05) is 50.2 Å². The van der Waals surface area contributed by atoms with Gasteiger partial charge < -0.3 is 9.84 Å². The summed E-state index contributed by atoms with van der Waals surface area (Å²) in [5.74, 6) is 1.24. The number of rotatable bonds is 2. The van der Waals surface area contributed by atoms with Crippen LogP contribution in [0.25, 0.3) is 11.1 Å². The zero-order valence-corrected chi connectivity index (χ0v) is 13.8. The first kappa shape index (κ1) is 15.1. The number of ether oxygens (including phenoxy) is 1. The molecular weight excluding hydrogens is 272 g/mol. The topological polar surface area (TPSA) is 29.5 Å². The maximum absolute atomic E-state index is 10.7. The van der Waals surface area contributed by atoms with Crippen LogP contribution in [0.5, 0.6) is 5.75 Å². The predicted molar refractivity (Wildman–Crippen MR) is 90.3 cm³/mol. The second-order valence-corrected chi connectivity index (χ2v) is 7.08. The van der Waals surface area contributed by atoms with Crippen LogP contribution in [0.1, 0.15) is 57.3 Å². The Balaban J connectivity index is 2.23. The molecule has 1 N–H and O–H groups in total. The van der Waals surface area contributed by atoms with Crippen molar-refractivity contribution in [2.45, 2.75) is 51.7 Å². The van der Waals surface area contributed by atoms with E-state index in [1.807, 2.05) is 32.0 Å². The molecule has 0 saturated heterocycles.